The maximum absolute atomic E-state index is 6.54. The average molecular weight is 307 g/mol. The molecule has 0 fully saturated rings. The summed E-state index contributed by atoms with van der Waals surface area (Å²) in [4.78, 5) is 0. The zero-order valence-corrected chi connectivity index (χ0v) is 16.6. The Morgan fingerprint density at radius 2 is 1.00 bits per heavy atom. The monoisotopic (exact) mass is 307 g/mol. The molecule has 0 saturated heterocycles. The van der Waals surface area contributed by atoms with Gasteiger partial charge in [-0.1, -0.05) is 0 Å². The molecule has 0 aliphatic rings. The molecule has 0 spiro atoms. The van der Waals surface area contributed by atoms with Crippen LogP contribution in [0.3, 0.4) is 0 Å². The second-order valence-electron chi connectivity index (χ2n) is 7.76. The van der Waals surface area contributed by atoms with Crippen molar-refractivity contribution >= 4 is 7.87 Å². The van der Waals surface area contributed by atoms with E-state index in [2.05, 4.69) is 80.8 Å². The van der Waals surface area contributed by atoms with Crippen LogP contribution >= 0.6 is 7.87 Å². The topological polar surface area (TPSA) is 21.7 Å². The molecule has 0 aromatic carbocycles. The van der Waals surface area contributed by atoms with Crippen molar-refractivity contribution in [1.82, 2.24) is 4.67 Å². The van der Waals surface area contributed by atoms with Crippen molar-refractivity contribution in [3.8, 4) is 0 Å². The van der Waals surface area contributed by atoms with Crippen LogP contribution in [-0.4, -0.2) is 34.1 Å². The molecule has 0 atom stereocenters. The van der Waals surface area contributed by atoms with Gasteiger partial charge in [-0.15, -0.1) is 0 Å². The van der Waals surface area contributed by atoms with Gasteiger partial charge in [0.05, 0.1) is 0 Å². The zero-order chi connectivity index (χ0) is 16.3. The third-order valence-electron chi connectivity index (χ3n) is 3.19. The van der Waals surface area contributed by atoms with Gasteiger partial charge in [0.2, 0.25) is 0 Å². The Balaban J connectivity index is 5.93. The van der Waals surface area contributed by atoms with E-state index < -0.39 is 7.87 Å². The van der Waals surface area contributed by atoms with Gasteiger partial charge in [0.25, 0.3) is 0 Å². The molecule has 3 nitrogen and oxygen atoms in total. The molecule has 4 heteroatoms. The molecule has 20 heavy (non-hydrogen) atoms. The number of rotatable bonds is 7. The van der Waals surface area contributed by atoms with Gasteiger partial charge in [-0.05, 0) is 0 Å². The summed E-state index contributed by atoms with van der Waals surface area (Å²) in [6, 6.07) is 0.803. The molecule has 0 radical (unpaired) electrons. The van der Waals surface area contributed by atoms with Crippen molar-refractivity contribution in [3.05, 3.63) is 0 Å². The molecular formula is C16H38NO2P. The zero-order valence-electron chi connectivity index (χ0n) is 15.6. The van der Waals surface area contributed by atoms with Crippen LogP contribution in [0.1, 0.15) is 76.2 Å². The molecule has 0 aromatic heterocycles. The van der Waals surface area contributed by atoms with Crippen LogP contribution in [-0.2, 0) is 9.05 Å². The molecule has 0 aliphatic carbocycles. The molecular weight excluding hydrogens is 269 g/mol. The van der Waals surface area contributed by atoms with E-state index in [-0.39, 0.29) is 17.4 Å². The molecule has 0 heterocycles. The second-order valence-corrected chi connectivity index (χ2v) is 11.4. The predicted molar refractivity (Wildman–Crippen MR) is 92.6 cm³/mol. The Hall–Kier alpha value is 0.310. The summed E-state index contributed by atoms with van der Waals surface area (Å²) in [6.07, 6.45) is 0.333. The second kappa shape index (κ2) is 7.54. The molecule has 0 aromatic rings. The quantitative estimate of drug-likeness (QED) is 0.600. The Labute approximate surface area is 128 Å². The number of hydrogen-bond acceptors (Lipinski definition) is 3. The summed E-state index contributed by atoms with van der Waals surface area (Å²) in [5.41, 5.74) is 0. The summed E-state index contributed by atoms with van der Waals surface area (Å²) >= 11 is 0. The van der Waals surface area contributed by atoms with Gasteiger partial charge in [0.1, 0.15) is 0 Å². The van der Waals surface area contributed by atoms with Gasteiger partial charge >= 0.3 is 127 Å². The molecule has 0 aliphatic heterocycles. The van der Waals surface area contributed by atoms with Crippen LogP contribution < -0.4 is 0 Å². The van der Waals surface area contributed by atoms with Gasteiger partial charge in [-0.25, -0.2) is 0 Å². The normalized spacial score (nSPS) is 15.2. The van der Waals surface area contributed by atoms with E-state index in [9.17, 15) is 0 Å². The van der Waals surface area contributed by atoms with Crippen LogP contribution in [0.4, 0.5) is 0 Å². The fourth-order valence-corrected chi connectivity index (χ4v) is 7.22. The fraction of sp³-hybridized carbons (Fsp3) is 1.00. The number of nitrogens with zero attached hydrogens (tertiary/aromatic N) is 1. The molecule has 0 amide bonds. The Kier molecular flexibility index (Phi) is 7.65. The fourth-order valence-electron chi connectivity index (χ4n) is 2.81. The van der Waals surface area contributed by atoms with Crippen LogP contribution in [0, 0.1) is 0 Å². The first-order valence-corrected chi connectivity index (χ1v) is 9.75. The minimum atomic E-state index is -2.55. The van der Waals surface area contributed by atoms with E-state index in [0.717, 1.165) is 0 Å². The van der Waals surface area contributed by atoms with Crippen molar-refractivity contribution in [2.75, 3.05) is 0 Å². The van der Waals surface area contributed by atoms with E-state index in [1.807, 2.05) is 0 Å². The first-order valence-electron chi connectivity index (χ1n) is 7.99. The van der Waals surface area contributed by atoms with Gasteiger partial charge in [-0.2, -0.15) is 0 Å². The standard InChI is InChI=1S/C16H38NO2P/c1-12(2)17(13(3)4)20(16(9,10)11,18-14(5)6)19-15(7)8/h12-15,20H,1-11H3. The third-order valence-corrected chi connectivity index (χ3v) is 8.38. The Morgan fingerprint density at radius 1 is 0.700 bits per heavy atom. The van der Waals surface area contributed by atoms with E-state index in [1.165, 1.54) is 0 Å². The third kappa shape index (κ3) is 4.94. The van der Waals surface area contributed by atoms with E-state index in [4.69, 9.17) is 9.05 Å². The first kappa shape index (κ1) is 20.3. The van der Waals surface area contributed by atoms with Crippen LogP contribution in [0.5, 0.6) is 0 Å². The van der Waals surface area contributed by atoms with Gasteiger partial charge < -0.3 is 0 Å². The van der Waals surface area contributed by atoms with Crippen molar-refractivity contribution in [2.24, 2.45) is 0 Å². The maximum atomic E-state index is 6.54. The summed E-state index contributed by atoms with van der Waals surface area (Å²) < 4.78 is 15.6. The summed E-state index contributed by atoms with van der Waals surface area (Å²) in [5, 5.41) is -0.0178. The van der Waals surface area contributed by atoms with Crippen molar-refractivity contribution in [3.63, 3.8) is 0 Å². The number of hydrogen-bond donors (Lipinski definition) is 0. The molecule has 0 bridgehead atoms. The van der Waals surface area contributed by atoms with Crippen molar-refractivity contribution in [2.45, 2.75) is 106 Å². The summed E-state index contributed by atoms with van der Waals surface area (Å²) in [6.45, 7) is 24.1. The SMILES string of the molecule is CC(C)O[PH](OC(C)C)(N(C(C)C)C(C)C)C(C)(C)C. The molecule has 0 saturated carbocycles. The summed E-state index contributed by atoms with van der Waals surface area (Å²) in [7, 11) is -2.55. The van der Waals surface area contributed by atoms with E-state index >= 15 is 0 Å². The van der Waals surface area contributed by atoms with Gasteiger partial charge in [0, 0.05) is 0 Å². The van der Waals surface area contributed by atoms with Crippen LogP contribution in [0.15, 0.2) is 0 Å². The predicted octanol–water partition coefficient (Wildman–Crippen LogP) is 5.25. The Bertz CT molecular complexity index is 265. The van der Waals surface area contributed by atoms with E-state index in [1.54, 1.807) is 0 Å². The molecule has 0 rings (SSSR count). The van der Waals surface area contributed by atoms with Crippen molar-refractivity contribution < 1.29 is 9.05 Å². The van der Waals surface area contributed by atoms with Gasteiger partial charge in [0.15, 0.2) is 0 Å². The molecule has 0 unspecified atom stereocenters. The van der Waals surface area contributed by atoms with Crippen LogP contribution in [0.2, 0.25) is 0 Å². The summed E-state index contributed by atoms with van der Waals surface area (Å²) in [5.74, 6) is 0. The molecule has 124 valence electrons. The van der Waals surface area contributed by atoms with Crippen LogP contribution in [0.25, 0.3) is 0 Å². The first-order chi connectivity index (χ1) is 8.85. The average Bonchev–Trinajstić information content (AvgIpc) is 2.10. The molecule has 0 N–H and O–H groups in total. The van der Waals surface area contributed by atoms with Gasteiger partial charge in [-0.3, -0.25) is 0 Å². The Morgan fingerprint density at radius 3 is 1.15 bits per heavy atom. The van der Waals surface area contributed by atoms with Crippen molar-refractivity contribution in [1.29, 1.82) is 0 Å². The minimum absolute atomic E-state index is 0.0178. The van der Waals surface area contributed by atoms with E-state index in [0.29, 0.717) is 12.1 Å².